The van der Waals surface area contributed by atoms with Crippen molar-refractivity contribution in [3.63, 3.8) is 0 Å². The second kappa shape index (κ2) is 6.97. The maximum Gasteiger partial charge on any atom is 0.235 e. The third kappa shape index (κ3) is 3.88. The normalized spacial score (nSPS) is 18.7. The lowest BCUT2D eigenvalue weighted by Gasteiger charge is -2.16. The van der Waals surface area contributed by atoms with Gasteiger partial charge in [0.2, 0.25) is 5.91 Å². The lowest BCUT2D eigenvalue weighted by Crippen LogP contribution is -2.41. The van der Waals surface area contributed by atoms with Crippen LogP contribution in [0.4, 0.5) is 4.39 Å². The van der Waals surface area contributed by atoms with Gasteiger partial charge in [-0.05, 0) is 25.8 Å². The summed E-state index contributed by atoms with van der Waals surface area (Å²) in [4.78, 5) is 12.0. The Hall–Kier alpha value is -1.23. The Labute approximate surface area is 121 Å². The molecule has 2 atom stereocenters. The molecule has 0 heterocycles. The molecule has 20 heavy (non-hydrogen) atoms. The van der Waals surface area contributed by atoms with Crippen molar-refractivity contribution in [2.45, 2.75) is 49.7 Å². The molecule has 1 amide bonds. The molecule has 1 aliphatic rings. The smallest absolute Gasteiger partial charge is 0.235 e. The molecule has 2 rings (SSSR count). The summed E-state index contributed by atoms with van der Waals surface area (Å²) in [5, 5.41) is 2.32. The minimum Gasteiger partial charge on any atom is -0.352 e. The van der Waals surface area contributed by atoms with Crippen LogP contribution in [0, 0.1) is 5.82 Å². The first-order chi connectivity index (χ1) is 9.58. The van der Waals surface area contributed by atoms with Crippen LogP contribution in [0.2, 0.25) is 0 Å². The van der Waals surface area contributed by atoms with Crippen molar-refractivity contribution < 1.29 is 13.4 Å². The Kier molecular flexibility index (Phi) is 5.29. The van der Waals surface area contributed by atoms with Gasteiger partial charge in [-0.15, -0.1) is 0 Å². The first-order valence-electron chi connectivity index (χ1n) is 6.99. The first kappa shape index (κ1) is 15.2. The lowest BCUT2D eigenvalue weighted by atomic mass is 10.2. The summed E-state index contributed by atoms with van der Waals surface area (Å²) < 4.78 is 25.7. The molecule has 1 saturated carbocycles. The van der Waals surface area contributed by atoms with Crippen LogP contribution >= 0.6 is 0 Å². The molecular formula is C15H20FNO2S. The zero-order chi connectivity index (χ0) is 14.5. The quantitative estimate of drug-likeness (QED) is 0.908. The predicted molar refractivity (Wildman–Crippen MR) is 78.1 cm³/mol. The summed E-state index contributed by atoms with van der Waals surface area (Å²) in [6, 6.07) is 6.47. The Morgan fingerprint density at radius 3 is 2.70 bits per heavy atom. The maximum atomic E-state index is 13.5. The van der Waals surface area contributed by atoms with Gasteiger partial charge >= 0.3 is 0 Å². The topological polar surface area (TPSA) is 46.2 Å². The third-order valence-corrected chi connectivity index (χ3v) is 5.32. The van der Waals surface area contributed by atoms with E-state index in [1.807, 2.05) is 0 Å². The van der Waals surface area contributed by atoms with Gasteiger partial charge in [0.25, 0.3) is 0 Å². The highest BCUT2D eigenvalue weighted by Gasteiger charge is 2.24. The Morgan fingerprint density at radius 1 is 1.40 bits per heavy atom. The van der Waals surface area contributed by atoms with Crippen molar-refractivity contribution in [3.8, 4) is 0 Å². The zero-order valence-corrected chi connectivity index (χ0v) is 12.4. The molecule has 5 heteroatoms. The summed E-state index contributed by atoms with van der Waals surface area (Å²) in [6.07, 6.45) is 4.27. The SMILES string of the molecule is C[C@H](C(=O)NC1CCCC1)[S@](=O)Cc1ccccc1F. The highest BCUT2D eigenvalue weighted by Crippen LogP contribution is 2.18. The van der Waals surface area contributed by atoms with E-state index in [4.69, 9.17) is 0 Å². The van der Waals surface area contributed by atoms with Crippen LogP contribution in [0.5, 0.6) is 0 Å². The van der Waals surface area contributed by atoms with Gasteiger partial charge in [-0.3, -0.25) is 9.00 Å². The number of benzene rings is 1. The second-order valence-electron chi connectivity index (χ2n) is 5.25. The number of hydrogen-bond donors (Lipinski definition) is 1. The van der Waals surface area contributed by atoms with Crippen LogP contribution in [0.15, 0.2) is 24.3 Å². The summed E-state index contributed by atoms with van der Waals surface area (Å²) in [7, 11) is -1.41. The van der Waals surface area contributed by atoms with Gasteiger partial charge in [0, 0.05) is 22.4 Å². The van der Waals surface area contributed by atoms with Crippen LogP contribution < -0.4 is 5.32 Å². The molecule has 0 radical (unpaired) electrons. The number of nitrogens with one attached hydrogen (secondary N) is 1. The minimum atomic E-state index is -1.41. The molecule has 0 saturated heterocycles. The Morgan fingerprint density at radius 2 is 2.05 bits per heavy atom. The van der Waals surface area contributed by atoms with Crippen LogP contribution in [-0.4, -0.2) is 21.4 Å². The monoisotopic (exact) mass is 297 g/mol. The average molecular weight is 297 g/mol. The van der Waals surface area contributed by atoms with Crippen molar-refractivity contribution in [3.05, 3.63) is 35.6 Å². The van der Waals surface area contributed by atoms with Crippen LogP contribution in [0.25, 0.3) is 0 Å². The third-order valence-electron chi connectivity index (χ3n) is 3.72. The summed E-state index contributed by atoms with van der Waals surface area (Å²) >= 11 is 0. The zero-order valence-electron chi connectivity index (χ0n) is 11.6. The van der Waals surface area contributed by atoms with Gasteiger partial charge in [-0.1, -0.05) is 31.0 Å². The van der Waals surface area contributed by atoms with Gasteiger partial charge < -0.3 is 5.32 Å². The van der Waals surface area contributed by atoms with Gasteiger partial charge in [0.15, 0.2) is 0 Å². The molecule has 110 valence electrons. The fourth-order valence-corrected chi connectivity index (χ4v) is 3.50. The van der Waals surface area contributed by atoms with E-state index < -0.39 is 16.0 Å². The second-order valence-corrected chi connectivity index (χ2v) is 7.01. The molecule has 0 aromatic heterocycles. The maximum absolute atomic E-state index is 13.5. The Balaban J connectivity index is 1.91. The number of rotatable bonds is 5. The van der Waals surface area contributed by atoms with E-state index in [9.17, 15) is 13.4 Å². The van der Waals surface area contributed by atoms with Gasteiger partial charge in [0.05, 0.1) is 5.75 Å². The van der Waals surface area contributed by atoms with Crippen molar-refractivity contribution in [1.29, 1.82) is 0 Å². The van der Waals surface area contributed by atoms with Crippen molar-refractivity contribution >= 4 is 16.7 Å². The molecule has 0 unspecified atom stereocenters. The molecule has 3 nitrogen and oxygen atoms in total. The number of hydrogen-bond acceptors (Lipinski definition) is 2. The van der Waals surface area contributed by atoms with E-state index >= 15 is 0 Å². The van der Waals surface area contributed by atoms with Crippen LogP contribution in [0.1, 0.15) is 38.2 Å². The van der Waals surface area contributed by atoms with Crippen molar-refractivity contribution in [1.82, 2.24) is 5.32 Å². The van der Waals surface area contributed by atoms with Gasteiger partial charge in [0.1, 0.15) is 11.1 Å². The fourth-order valence-electron chi connectivity index (χ4n) is 2.40. The van der Waals surface area contributed by atoms with E-state index in [1.54, 1.807) is 25.1 Å². The molecule has 1 aromatic rings. The summed E-state index contributed by atoms with van der Waals surface area (Å²) in [5.41, 5.74) is 0.395. The molecule has 0 bridgehead atoms. The van der Waals surface area contributed by atoms with Crippen molar-refractivity contribution in [2.75, 3.05) is 0 Å². The predicted octanol–water partition coefficient (Wildman–Crippen LogP) is 2.52. The first-order valence-corrected chi connectivity index (χ1v) is 8.37. The molecule has 1 fully saturated rings. The van der Waals surface area contributed by atoms with E-state index in [0.29, 0.717) is 5.56 Å². The average Bonchev–Trinajstić information content (AvgIpc) is 2.93. The van der Waals surface area contributed by atoms with E-state index in [2.05, 4.69) is 5.32 Å². The summed E-state index contributed by atoms with van der Waals surface area (Å²) in [5.74, 6) is -0.484. The molecular weight excluding hydrogens is 277 g/mol. The number of carbonyl (C=O) groups excluding carboxylic acids is 1. The minimum absolute atomic E-state index is 0.0753. The number of carbonyl (C=O) groups is 1. The van der Waals surface area contributed by atoms with Gasteiger partial charge in [-0.2, -0.15) is 0 Å². The molecule has 1 aliphatic carbocycles. The highest BCUT2D eigenvalue weighted by molar-refractivity contribution is 7.85. The standard InChI is InChI=1S/C15H20FNO2S/c1-11(15(18)17-13-7-3-4-8-13)20(19)10-12-6-2-5-9-14(12)16/h2,5-6,9,11,13H,3-4,7-8,10H2,1H3,(H,17,18)/t11-,20-/m1/s1. The summed E-state index contributed by atoms with van der Waals surface area (Å²) in [6.45, 7) is 1.64. The van der Waals surface area contributed by atoms with E-state index in [-0.39, 0.29) is 23.5 Å². The van der Waals surface area contributed by atoms with E-state index in [0.717, 1.165) is 25.7 Å². The number of halogens is 1. The highest BCUT2D eigenvalue weighted by atomic mass is 32.2. The van der Waals surface area contributed by atoms with E-state index in [1.165, 1.54) is 6.07 Å². The molecule has 1 N–H and O–H groups in total. The Bertz CT molecular complexity index is 500. The number of amides is 1. The lowest BCUT2D eigenvalue weighted by molar-refractivity contribution is -0.121. The molecule has 0 spiro atoms. The van der Waals surface area contributed by atoms with Crippen LogP contribution in [-0.2, 0) is 21.3 Å². The largest absolute Gasteiger partial charge is 0.352 e. The fraction of sp³-hybridized carbons (Fsp3) is 0.533. The molecule has 1 aromatic carbocycles. The van der Waals surface area contributed by atoms with Crippen LogP contribution in [0.3, 0.4) is 0 Å². The molecule has 0 aliphatic heterocycles. The van der Waals surface area contributed by atoms with Crippen molar-refractivity contribution in [2.24, 2.45) is 0 Å². The van der Waals surface area contributed by atoms with Gasteiger partial charge in [-0.25, -0.2) is 4.39 Å².